The van der Waals surface area contributed by atoms with E-state index in [1.165, 1.54) is 6.42 Å². The molecule has 2 fully saturated rings. The molecule has 0 atom stereocenters. The molecule has 0 bridgehead atoms. The first-order valence-electron chi connectivity index (χ1n) is 3.99. The molecule has 2 aliphatic rings. The largest absolute Gasteiger partial charge is 0.386 e. The van der Waals surface area contributed by atoms with Crippen LogP contribution in [0.3, 0.4) is 0 Å². The summed E-state index contributed by atoms with van der Waals surface area (Å²) in [5.74, 6) is 0.703. The molecular formula is C8H14N2O. The molecule has 0 saturated carbocycles. The fourth-order valence-electron chi connectivity index (χ4n) is 1.81. The summed E-state index contributed by atoms with van der Waals surface area (Å²) in [6.45, 7) is 7.65. The van der Waals surface area contributed by atoms with Crippen molar-refractivity contribution in [3.05, 3.63) is 12.4 Å². The Labute approximate surface area is 66.8 Å². The van der Waals surface area contributed by atoms with Gasteiger partial charge in [-0.25, -0.2) is 0 Å². The number of hydrogen-bond donors (Lipinski definition) is 1. The van der Waals surface area contributed by atoms with Crippen LogP contribution in [0.1, 0.15) is 6.42 Å². The minimum absolute atomic E-state index is 0.433. The van der Waals surface area contributed by atoms with Gasteiger partial charge in [-0.2, -0.15) is 0 Å². The van der Waals surface area contributed by atoms with Gasteiger partial charge in [0, 0.05) is 18.5 Å². The molecule has 1 spiro atoms. The molecule has 0 unspecified atom stereocenters. The minimum Gasteiger partial charge on any atom is -0.386 e. The van der Waals surface area contributed by atoms with Crippen molar-refractivity contribution in [1.82, 2.24) is 4.90 Å². The Hall–Kier alpha value is -0.700. The molecule has 2 aliphatic heterocycles. The van der Waals surface area contributed by atoms with Gasteiger partial charge < -0.3 is 15.4 Å². The van der Waals surface area contributed by atoms with E-state index in [9.17, 15) is 0 Å². The van der Waals surface area contributed by atoms with E-state index in [0.29, 0.717) is 11.2 Å². The summed E-state index contributed by atoms with van der Waals surface area (Å²) < 4.78 is 5.19. The molecule has 0 aliphatic carbocycles. The molecule has 2 heterocycles. The average Bonchev–Trinajstić information content (AvgIpc) is 2.28. The van der Waals surface area contributed by atoms with Crippen LogP contribution in [0.5, 0.6) is 0 Å². The molecule has 0 aromatic carbocycles. The van der Waals surface area contributed by atoms with Gasteiger partial charge in [-0.15, -0.1) is 0 Å². The second-order valence-corrected chi connectivity index (χ2v) is 3.66. The van der Waals surface area contributed by atoms with Gasteiger partial charge in [0.2, 0.25) is 0 Å². The van der Waals surface area contributed by atoms with E-state index in [1.807, 2.05) is 0 Å². The highest BCUT2D eigenvalue weighted by atomic mass is 16.5. The maximum absolute atomic E-state index is 5.59. The van der Waals surface area contributed by atoms with E-state index in [1.54, 1.807) is 0 Å². The average molecular weight is 154 g/mol. The van der Waals surface area contributed by atoms with Crippen molar-refractivity contribution in [3.63, 3.8) is 0 Å². The molecule has 2 saturated heterocycles. The lowest BCUT2D eigenvalue weighted by Crippen LogP contribution is -2.44. The Morgan fingerprint density at radius 3 is 2.55 bits per heavy atom. The summed E-state index contributed by atoms with van der Waals surface area (Å²) in [7, 11) is 0. The summed E-state index contributed by atoms with van der Waals surface area (Å²) in [5, 5.41) is 0. The molecule has 3 nitrogen and oxygen atoms in total. The van der Waals surface area contributed by atoms with E-state index in [2.05, 4.69) is 11.5 Å². The van der Waals surface area contributed by atoms with Crippen LogP contribution >= 0.6 is 0 Å². The molecule has 62 valence electrons. The van der Waals surface area contributed by atoms with Crippen molar-refractivity contribution >= 4 is 0 Å². The summed E-state index contributed by atoms with van der Waals surface area (Å²) in [6, 6.07) is 0. The minimum atomic E-state index is 0.433. The Bertz CT molecular complexity index is 187. The van der Waals surface area contributed by atoms with Gasteiger partial charge in [0.05, 0.1) is 19.0 Å². The highest BCUT2D eigenvalue weighted by molar-refractivity contribution is 5.01. The quantitative estimate of drug-likeness (QED) is 0.584. The van der Waals surface area contributed by atoms with Gasteiger partial charge >= 0.3 is 0 Å². The van der Waals surface area contributed by atoms with Crippen molar-refractivity contribution < 1.29 is 4.74 Å². The van der Waals surface area contributed by atoms with Gasteiger partial charge in [0.25, 0.3) is 0 Å². The van der Waals surface area contributed by atoms with Crippen LogP contribution in [-0.4, -0.2) is 31.2 Å². The predicted molar refractivity (Wildman–Crippen MR) is 42.8 cm³/mol. The van der Waals surface area contributed by atoms with E-state index >= 15 is 0 Å². The number of ether oxygens (including phenoxy) is 1. The molecule has 0 aromatic heterocycles. The number of nitrogens with two attached hydrogens (primary N) is 1. The zero-order valence-electron chi connectivity index (χ0n) is 6.68. The van der Waals surface area contributed by atoms with Crippen molar-refractivity contribution in [2.45, 2.75) is 6.42 Å². The third-order valence-corrected chi connectivity index (χ3v) is 2.66. The monoisotopic (exact) mass is 154 g/mol. The zero-order chi connectivity index (χ0) is 7.90. The Balaban J connectivity index is 1.98. The van der Waals surface area contributed by atoms with Crippen molar-refractivity contribution in [3.8, 4) is 0 Å². The van der Waals surface area contributed by atoms with Crippen LogP contribution in [0, 0.1) is 5.41 Å². The van der Waals surface area contributed by atoms with Gasteiger partial charge in [-0.05, 0) is 6.42 Å². The number of nitrogens with zero attached hydrogens (tertiary/aromatic N) is 1. The molecule has 2 N–H and O–H groups in total. The first-order valence-corrected chi connectivity index (χ1v) is 3.99. The zero-order valence-corrected chi connectivity index (χ0v) is 6.68. The third kappa shape index (κ3) is 0.997. The van der Waals surface area contributed by atoms with E-state index in [-0.39, 0.29) is 0 Å². The molecule has 3 heteroatoms. The third-order valence-electron chi connectivity index (χ3n) is 2.66. The van der Waals surface area contributed by atoms with Crippen LogP contribution in [0.4, 0.5) is 0 Å². The highest BCUT2D eigenvalue weighted by Crippen LogP contribution is 2.37. The normalized spacial score (nSPS) is 27.1. The van der Waals surface area contributed by atoms with Gasteiger partial charge in [-0.3, -0.25) is 0 Å². The lowest BCUT2D eigenvalue weighted by Gasteiger charge is -2.37. The number of rotatable bonds is 1. The lowest BCUT2D eigenvalue weighted by molar-refractivity contribution is -0.103. The summed E-state index contributed by atoms with van der Waals surface area (Å²) >= 11 is 0. The molecule has 0 radical (unpaired) electrons. The second-order valence-electron chi connectivity index (χ2n) is 3.66. The maximum Gasteiger partial charge on any atom is 0.0912 e. The Kier molecular flexibility index (Phi) is 1.36. The van der Waals surface area contributed by atoms with Gasteiger partial charge in [0.15, 0.2) is 0 Å². The van der Waals surface area contributed by atoms with Crippen LogP contribution in [0.2, 0.25) is 0 Å². The topological polar surface area (TPSA) is 38.5 Å². The van der Waals surface area contributed by atoms with Crippen LogP contribution in [0.25, 0.3) is 0 Å². The van der Waals surface area contributed by atoms with Crippen molar-refractivity contribution in [2.75, 3.05) is 26.3 Å². The number of hydrogen-bond acceptors (Lipinski definition) is 3. The van der Waals surface area contributed by atoms with E-state index in [0.717, 1.165) is 26.3 Å². The predicted octanol–water partition coefficient (Wildman–Crippen LogP) is 0.139. The standard InChI is InChI=1S/C8H14N2O/c1-7(9)10-3-2-8(4-10)5-11-6-8/h1-6,9H2. The van der Waals surface area contributed by atoms with E-state index in [4.69, 9.17) is 10.5 Å². The first kappa shape index (κ1) is 6.98. The fraction of sp³-hybridized carbons (Fsp3) is 0.750. The second kappa shape index (κ2) is 2.14. The molecule has 11 heavy (non-hydrogen) atoms. The summed E-state index contributed by atoms with van der Waals surface area (Å²) in [6.07, 6.45) is 1.21. The molecule has 2 rings (SSSR count). The molecular weight excluding hydrogens is 140 g/mol. The Morgan fingerprint density at radius 1 is 1.55 bits per heavy atom. The SMILES string of the molecule is C=C(N)N1CCC2(COC2)C1. The van der Waals surface area contributed by atoms with Crippen LogP contribution < -0.4 is 5.73 Å². The van der Waals surface area contributed by atoms with Crippen molar-refractivity contribution in [2.24, 2.45) is 11.1 Å². The highest BCUT2D eigenvalue weighted by Gasteiger charge is 2.44. The summed E-state index contributed by atoms with van der Waals surface area (Å²) in [5.41, 5.74) is 6.02. The number of likely N-dealkylation sites (tertiary alicyclic amines) is 1. The van der Waals surface area contributed by atoms with Crippen molar-refractivity contribution in [1.29, 1.82) is 0 Å². The van der Waals surface area contributed by atoms with Gasteiger partial charge in [0.1, 0.15) is 0 Å². The summed E-state index contributed by atoms with van der Waals surface area (Å²) in [4.78, 5) is 2.14. The fourth-order valence-corrected chi connectivity index (χ4v) is 1.81. The van der Waals surface area contributed by atoms with Crippen LogP contribution in [-0.2, 0) is 4.74 Å². The smallest absolute Gasteiger partial charge is 0.0912 e. The molecule has 0 aromatic rings. The van der Waals surface area contributed by atoms with Gasteiger partial charge in [-0.1, -0.05) is 6.58 Å². The van der Waals surface area contributed by atoms with E-state index < -0.39 is 0 Å². The maximum atomic E-state index is 5.59. The molecule has 0 amide bonds. The Morgan fingerprint density at radius 2 is 2.27 bits per heavy atom. The lowest BCUT2D eigenvalue weighted by atomic mass is 9.85. The van der Waals surface area contributed by atoms with Crippen LogP contribution in [0.15, 0.2) is 12.4 Å². The first-order chi connectivity index (χ1) is 5.22.